The molecule has 0 saturated carbocycles. The molecule has 0 fully saturated rings. The van der Waals surface area contributed by atoms with Crippen LogP contribution in [0.15, 0.2) is 23.6 Å². The molecule has 12 heavy (non-hydrogen) atoms. The van der Waals surface area contributed by atoms with Crippen molar-refractivity contribution in [1.29, 1.82) is 0 Å². The van der Waals surface area contributed by atoms with E-state index in [0.29, 0.717) is 12.0 Å². The first-order valence-corrected chi connectivity index (χ1v) is 5.09. The first kappa shape index (κ1) is 10.2. The highest BCUT2D eigenvalue weighted by Crippen LogP contribution is 2.40. The number of halogens is 3. The number of alkyl halides is 2. The lowest BCUT2D eigenvalue weighted by Crippen LogP contribution is -2.17. The summed E-state index contributed by atoms with van der Waals surface area (Å²) in [4.78, 5) is 0. The Kier molecular flexibility index (Phi) is 3.26. The fourth-order valence-corrected chi connectivity index (χ4v) is 1.81. The minimum absolute atomic E-state index is 0.145. The van der Waals surface area contributed by atoms with E-state index in [1.807, 2.05) is 6.92 Å². The summed E-state index contributed by atoms with van der Waals surface area (Å²) < 4.78 is 24.8. The summed E-state index contributed by atoms with van der Waals surface area (Å²) in [6.07, 6.45) is 5.00. The molecule has 0 aromatic carbocycles. The molecule has 1 rings (SSSR count). The van der Waals surface area contributed by atoms with Crippen LogP contribution in [0, 0.1) is 0 Å². The summed E-state index contributed by atoms with van der Waals surface area (Å²) in [5, 5.41) is 0. The predicted octanol–water partition coefficient (Wildman–Crippen LogP) is 4.07. The van der Waals surface area contributed by atoms with Gasteiger partial charge in [0.1, 0.15) is 0 Å². The first-order valence-electron chi connectivity index (χ1n) is 4.01. The number of hydrogen-bond donors (Lipinski definition) is 0. The highest BCUT2D eigenvalue weighted by atomic mass is 127. The van der Waals surface area contributed by atoms with Crippen molar-refractivity contribution in [1.82, 2.24) is 0 Å². The van der Waals surface area contributed by atoms with Crippen molar-refractivity contribution >= 4 is 22.6 Å². The number of rotatable bonds is 2. The molecule has 0 aliphatic heterocycles. The monoisotopic (exact) mass is 284 g/mol. The fraction of sp³-hybridized carbons (Fsp3) is 0.556. The third-order valence-corrected chi connectivity index (χ3v) is 2.73. The summed E-state index contributed by atoms with van der Waals surface area (Å²) in [5.74, 6) is -0.590. The predicted molar refractivity (Wildman–Crippen MR) is 54.7 cm³/mol. The van der Waals surface area contributed by atoms with Gasteiger partial charge in [0, 0.05) is 6.42 Å². The van der Waals surface area contributed by atoms with Crippen LogP contribution < -0.4 is 0 Å². The molecule has 0 aromatic rings. The van der Waals surface area contributed by atoms with Crippen LogP contribution in [-0.4, -0.2) is 3.68 Å². The van der Waals surface area contributed by atoms with Crippen LogP contribution in [0.1, 0.15) is 26.2 Å². The summed E-state index contributed by atoms with van der Waals surface area (Å²) in [7, 11) is 0. The van der Waals surface area contributed by atoms with Crippen LogP contribution in [0.2, 0.25) is 0 Å². The standard InChI is InChI=1S/C9H11F2I/c1-2-4-7-5-3-6-9(11,12)8(7)10/h3,5H,2,4,6H2,1H3. The van der Waals surface area contributed by atoms with Crippen molar-refractivity contribution in [2.75, 3.05) is 0 Å². The van der Waals surface area contributed by atoms with Crippen molar-refractivity contribution in [3.05, 3.63) is 23.6 Å². The van der Waals surface area contributed by atoms with Gasteiger partial charge in [-0.2, -0.15) is 0 Å². The van der Waals surface area contributed by atoms with E-state index in [0.717, 1.165) is 6.42 Å². The maximum atomic E-state index is 13.3. The zero-order valence-corrected chi connectivity index (χ0v) is 9.07. The lowest BCUT2D eigenvalue weighted by molar-refractivity contribution is 0.302. The van der Waals surface area contributed by atoms with Gasteiger partial charge in [0.05, 0.1) is 0 Å². The highest BCUT2D eigenvalue weighted by Gasteiger charge is 2.34. The quantitative estimate of drug-likeness (QED) is 0.529. The van der Waals surface area contributed by atoms with Gasteiger partial charge in [-0.05, 0) is 34.6 Å². The van der Waals surface area contributed by atoms with Gasteiger partial charge in [0.15, 0.2) is 5.83 Å². The van der Waals surface area contributed by atoms with E-state index >= 15 is 0 Å². The summed E-state index contributed by atoms with van der Waals surface area (Å²) in [6, 6.07) is 0. The van der Waals surface area contributed by atoms with Gasteiger partial charge in [-0.3, -0.25) is 0 Å². The second-order valence-corrected chi connectivity index (χ2v) is 4.61. The molecule has 0 spiro atoms. The van der Waals surface area contributed by atoms with E-state index in [2.05, 4.69) is 0 Å². The molecule has 0 bridgehead atoms. The Morgan fingerprint density at radius 1 is 1.67 bits per heavy atom. The SMILES string of the molecule is CCCC1=C(F)C(F)(I)CC=C1. The van der Waals surface area contributed by atoms with Crippen LogP contribution in [0.5, 0.6) is 0 Å². The van der Waals surface area contributed by atoms with E-state index in [4.69, 9.17) is 0 Å². The molecule has 1 atom stereocenters. The van der Waals surface area contributed by atoms with Gasteiger partial charge in [0.2, 0.25) is 3.68 Å². The van der Waals surface area contributed by atoms with Crippen molar-refractivity contribution in [3.8, 4) is 0 Å². The second kappa shape index (κ2) is 3.85. The molecule has 68 valence electrons. The minimum atomic E-state index is -1.79. The van der Waals surface area contributed by atoms with Crippen molar-refractivity contribution in [2.45, 2.75) is 29.9 Å². The van der Waals surface area contributed by atoms with E-state index in [1.54, 1.807) is 12.2 Å². The van der Waals surface area contributed by atoms with Crippen LogP contribution in [0.4, 0.5) is 8.78 Å². The van der Waals surface area contributed by atoms with Gasteiger partial charge in [-0.15, -0.1) is 0 Å². The third kappa shape index (κ3) is 2.06. The molecule has 0 saturated heterocycles. The topological polar surface area (TPSA) is 0 Å². The van der Waals surface area contributed by atoms with E-state index in [-0.39, 0.29) is 6.42 Å². The van der Waals surface area contributed by atoms with E-state index in [1.165, 1.54) is 22.6 Å². The molecule has 1 unspecified atom stereocenters. The lowest BCUT2D eigenvalue weighted by Gasteiger charge is -2.20. The van der Waals surface area contributed by atoms with E-state index < -0.39 is 9.50 Å². The van der Waals surface area contributed by atoms with Gasteiger partial charge in [-0.1, -0.05) is 25.5 Å². The van der Waals surface area contributed by atoms with Gasteiger partial charge < -0.3 is 0 Å². The third-order valence-electron chi connectivity index (χ3n) is 1.82. The Morgan fingerprint density at radius 3 is 2.92 bits per heavy atom. The lowest BCUT2D eigenvalue weighted by atomic mass is 10.0. The Morgan fingerprint density at radius 2 is 2.33 bits per heavy atom. The van der Waals surface area contributed by atoms with Gasteiger partial charge in [0.25, 0.3) is 0 Å². The molecule has 0 heterocycles. The smallest absolute Gasteiger partial charge is 0.215 e. The van der Waals surface area contributed by atoms with Crippen LogP contribution >= 0.6 is 22.6 Å². The molecular weight excluding hydrogens is 273 g/mol. The summed E-state index contributed by atoms with van der Waals surface area (Å²) >= 11 is 1.52. The number of allylic oxidation sites excluding steroid dienone is 4. The normalized spacial score (nSPS) is 29.7. The highest BCUT2D eigenvalue weighted by molar-refractivity contribution is 14.1. The molecule has 0 N–H and O–H groups in total. The Hall–Kier alpha value is 0.0700. The minimum Gasteiger partial charge on any atom is -0.224 e. The van der Waals surface area contributed by atoms with E-state index in [9.17, 15) is 8.78 Å². The molecular formula is C9H11F2I. The molecule has 0 aromatic heterocycles. The number of hydrogen-bond acceptors (Lipinski definition) is 0. The zero-order chi connectivity index (χ0) is 9.19. The largest absolute Gasteiger partial charge is 0.224 e. The average molecular weight is 284 g/mol. The summed E-state index contributed by atoms with van der Waals surface area (Å²) in [6.45, 7) is 1.95. The Balaban J connectivity index is 2.87. The van der Waals surface area contributed by atoms with Crippen LogP contribution in [0.25, 0.3) is 0 Å². The maximum Gasteiger partial charge on any atom is 0.215 e. The molecule has 0 radical (unpaired) electrons. The zero-order valence-electron chi connectivity index (χ0n) is 6.91. The molecule has 1 aliphatic rings. The Labute approximate surface area is 84.9 Å². The van der Waals surface area contributed by atoms with Crippen molar-refractivity contribution in [2.24, 2.45) is 0 Å². The molecule has 3 heteroatoms. The van der Waals surface area contributed by atoms with Crippen LogP contribution in [-0.2, 0) is 0 Å². The van der Waals surface area contributed by atoms with Gasteiger partial charge in [-0.25, -0.2) is 8.78 Å². The van der Waals surface area contributed by atoms with Crippen molar-refractivity contribution in [3.63, 3.8) is 0 Å². The molecule has 1 aliphatic carbocycles. The average Bonchev–Trinajstić information content (AvgIpc) is 1.99. The second-order valence-electron chi connectivity index (χ2n) is 2.90. The maximum absolute atomic E-state index is 13.3. The summed E-state index contributed by atoms with van der Waals surface area (Å²) in [5.41, 5.74) is 0.514. The molecule has 0 amide bonds. The van der Waals surface area contributed by atoms with Gasteiger partial charge >= 0.3 is 0 Å². The fourth-order valence-electron chi connectivity index (χ4n) is 1.21. The van der Waals surface area contributed by atoms with Crippen molar-refractivity contribution < 1.29 is 8.78 Å². The van der Waals surface area contributed by atoms with Crippen LogP contribution in [0.3, 0.4) is 0 Å². The Bertz CT molecular complexity index is 229. The molecule has 0 nitrogen and oxygen atoms in total. The first-order chi connectivity index (χ1) is 5.58.